The summed E-state index contributed by atoms with van der Waals surface area (Å²) >= 11 is 6.09. The minimum absolute atomic E-state index is 0.0635. The Morgan fingerprint density at radius 1 is 1.40 bits per heavy atom. The molecule has 1 atom stereocenters. The number of anilines is 1. The monoisotopic (exact) mass is 289 g/mol. The molecule has 0 unspecified atom stereocenters. The molecule has 2 aromatic rings. The van der Waals surface area contributed by atoms with E-state index in [2.05, 4.69) is 0 Å². The van der Waals surface area contributed by atoms with Gasteiger partial charge >= 0.3 is 0 Å². The molecule has 0 saturated heterocycles. The Morgan fingerprint density at radius 2 is 2.10 bits per heavy atom. The fourth-order valence-electron chi connectivity index (χ4n) is 2.98. The van der Waals surface area contributed by atoms with Crippen LogP contribution < -0.4 is 4.90 Å². The molecule has 4 heteroatoms. The van der Waals surface area contributed by atoms with Crippen LogP contribution >= 0.6 is 11.6 Å². The average Bonchev–Trinajstić information content (AvgIpc) is 2.85. The van der Waals surface area contributed by atoms with Crippen LogP contribution in [-0.4, -0.2) is 23.4 Å². The summed E-state index contributed by atoms with van der Waals surface area (Å²) in [6.07, 6.45) is 0.446. The maximum Gasteiger partial charge on any atom is 0.226 e. The smallest absolute Gasteiger partial charge is 0.226 e. The number of phenols is 1. The van der Waals surface area contributed by atoms with E-state index in [4.69, 9.17) is 11.6 Å². The highest BCUT2D eigenvalue weighted by atomic mass is 35.5. The third-order valence-electron chi connectivity index (χ3n) is 3.93. The summed E-state index contributed by atoms with van der Waals surface area (Å²) < 4.78 is 0. The molecule has 1 aliphatic rings. The molecule has 0 aliphatic carbocycles. The topological polar surface area (TPSA) is 40.5 Å². The van der Waals surface area contributed by atoms with E-state index in [1.165, 1.54) is 0 Å². The van der Waals surface area contributed by atoms with Gasteiger partial charge in [-0.25, -0.2) is 0 Å². The van der Waals surface area contributed by atoms with Crippen molar-refractivity contribution < 1.29 is 9.90 Å². The molecule has 3 nitrogen and oxygen atoms in total. The van der Waals surface area contributed by atoms with E-state index in [1.807, 2.05) is 31.2 Å². The van der Waals surface area contributed by atoms with Crippen molar-refractivity contribution in [2.45, 2.75) is 19.3 Å². The number of hydrogen-bond acceptors (Lipinski definition) is 2. The van der Waals surface area contributed by atoms with Crippen molar-refractivity contribution in [1.82, 2.24) is 0 Å². The van der Waals surface area contributed by atoms with Crippen LogP contribution in [-0.2, 0) is 4.79 Å². The van der Waals surface area contributed by atoms with Crippen molar-refractivity contribution in [2.75, 3.05) is 17.3 Å². The molecule has 0 fully saturated rings. The van der Waals surface area contributed by atoms with Crippen LogP contribution in [0.3, 0.4) is 0 Å². The van der Waals surface area contributed by atoms with E-state index in [-0.39, 0.29) is 17.6 Å². The molecule has 1 heterocycles. The number of nitrogens with zero attached hydrogens (tertiary/aromatic N) is 1. The summed E-state index contributed by atoms with van der Waals surface area (Å²) in [6.45, 7) is 2.44. The number of carbonyl (C=O) groups excluding carboxylic acids is 1. The van der Waals surface area contributed by atoms with Crippen molar-refractivity contribution in [1.29, 1.82) is 0 Å². The van der Waals surface area contributed by atoms with Gasteiger partial charge in [-0.1, -0.05) is 31.2 Å². The van der Waals surface area contributed by atoms with E-state index in [9.17, 15) is 9.90 Å². The number of hydrogen-bond donors (Lipinski definition) is 1. The van der Waals surface area contributed by atoms with E-state index < -0.39 is 0 Å². The number of halogens is 1. The first-order chi connectivity index (χ1) is 9.67. The SMILES string of the molecule is CCC(=O)N1C[C@@H](CCl)c2c1cc(O)c1ccccc21. The van der Waals surface area contributed by atoms with Gasteiger partial charge in [-0.05, 0) is 10.9 Å². The summed E-state index contributed by atoms with van der Waals surface area (Å²) in [5, 5.41) is 12.0. The van der Waals surface area contributed by atoms with Gasteiger partial charge in [-0.3, -0.25) is 4.79 Å². The standard InChI is InChI=1S/C16H16ClNO2/c1-2-15(20)18-9-10(8-17)16-12-6-4-3-5-11(12)14(19)7-13(16)18/h3-7,10,19H,2,8-9H2,1H3/t10-/m1/s1. The Balaban J connectivity index is 2.28. The summed E-state index contributed by atoms with van der Waals surface area (Å²) in [7, 11) is 0. The van der Waals surface area contributed by atoms with Gasteiger partial charge in [0.1, 0.15) is 5.75 Å². The number of aromatic hydroxyl groups is 1. The van der Waals surface area contributed by atoms with Gasteiger partial charge in [-0.2, -0.15) is 0 Å². The molecule has 1 N–H and O–H groups in total. The van der Waals surface area contributed by atoms with Gasteiger partial charge in [0, 0.05) is 36.2 Å². The van der Waals surface area contributed by atoms with Crippen LogP contribution in [0, 0.1) is 0 Å². The number of benzene rings is 2. The van der Waals surface area contributed by atoms with Gasteiger partial charge in [0.25, 0.3) is 0 Å². The van der Waals surface area contributed by atoms with Gasteiger partial charge in [0.05, 0.1) is 5.69 Å². The highest BCUT2D eigenvalue weighted by Crippen LogP contribution is 2.45. The maximum atomic E-state index is 12.1. The summed E-state index contributed by atoms with van der Waals surface area (Å²) in [5.74, 6) is 0.861. The Labute approximate surface area is 122 Å². The zero-order valence-electron chi connectivity index (χ0n) is 11.3. The number of phenolic OH excluding ortho intramolecular Hbond substituents is 1. The van der Waals surface area contributed by atoms with Gasteiger partial charge < -0.3 is 10.0 Å². The maximum absolute atomic E-state index is 12.1. The van der Waals surface area contributed by atoms with E-state index in [0.717, 1.165) is 22.0 Å². The van der Waals surface area contributed by atoms with E-state index >= 15 is 0 Å². The summed E-state index contributed by atoms with van der Waals surface area (Å²) in [5.41, 5.74) is 1.88. The zero-order chi connectivity index (χ0) is 14.3. The molecular formula is C16H16ClNO2. The molecular weight excluding hydrogens is 274 g/mol. The zero-order valence-corrected chi connectivity index (χ0v) is 12.0. The van der Waals surface area contributed by atoms with Crippen molar-refractivity contribution in [3.8, 4) is 5.75 Å². The first-order valence-corrected chi connectivity index (χ1v) is 7.31. The normalized spacial score (nSPS) is 17.5. The molecule has 3 rings (SSSR count). The molecule has 0 bridgehead atoms. The Bertz CT molecular complexity index is 683. The summed E-state index contributed by atoms with van der Waals surface area (Å²) in [4.78, 5) is 13.8. The molecule has 1 amide bonds. The van der Waals surface area contributed by atoms with Gasteiger partial charge in [0.15, 0.2) is 0 Å². The minimum atomic E-state index is 0.0635. The predicted molar refractivity (Wildman–Crippen MR) is 81.7 cm³/mol. The minimum Gasteiger partial charge on any atom is -0.507 e. The largest absolute Gasteiger partial charge is 0.507 e. The van der Waals surface area contributed by atoms with Crippen molar-refractivity contribution in [2.24, 2.45) is 0 Å². The van der Waals surface area contributed by atoms with Gasteiger partial charge in [0.2, 0.25) is 5.91 Å². The lowest BCUT2D eigenvalue weighted by molar-refractivity contribution is -0.118. The fraction of sp³-hybridized carbons (Fsp3) is 0.312. The second kappa shape index (κ2) is 4.98. The van der Waals surface area contributed by atoms with Crippen LogP contribution in [0.4, 0.5) is 5.69 Å². The van der Waals surface area contributed by atoms with E-state index in [0.29, 0.717) is 18.8 Å². The number of carbonyl (C=O) groups is 1. The van der Waals surface area contributed by atoms with Crippen LogP contribution in [0.5, 0.6) is 5.75 Å². The Morgan fingerprint density at radius 3 is 2.75 bits per heavy atom. The van der Waals surface area contributed by atoms with Crippen molar-refractivity contribution >= 4 is 34.0 Å². The van der Waals surface area contributed by atoms with Crippen molar-refractivity contribution in [3.05, 3.63) is 35.9 Å². The third kappa shape index (κ3) is 1.85. The Hall–Kier alpha value is -1.74. The highest BCUT2D eigenvalue weighted by molar-refractivity contribution is 6.19. The molecule has 2 aromatic carbocycles. The second-order valence-corrected chi connectivity index (χ2v) is 5.39. The fourth-order valence-corrected chi connectivity index (χ4v) is 3.23. The molecule has 1 aliphatic heterocycles. The molecule has 104 valence electrons. The van der Waals surface area contributed by atoms with Crippen LogP contribution in [0.1, 0.15) is 24.8 Å². The molecule has 0 aromatic heterocycles. The predicted octanol–water partition coefficient (Wildman–Crippen LogP) is 3.62. The molecule has 0 saturated carbocycles. The number of amides is 1. The third-order valence-corrected chi connectivity index (χ3v) is 4.31. The first-order valence-electron chi connectivity index (χ1n) is 6.78. The number of fused-ring (bicyclic) bond motifs is 3. The Kier molecular flexibility index (Phi) is 3.30. The lowest BCUT2D eigenvalue weighted by atomic mass is 9.95. The van der Waals surface area contributed by atoms with Crippen LogP contribution in [0.25, 0.3) is 10.8 Å². The average molecular weight is 290 g/mol. The molecule has 0 spiro atoms. The van der Waals surface area contributed by atoms with E-state index in [1.54, 1.807) is 11.0 Å². The van der Waals surface area contributed by atoms with Crippen LogP contribution in [0.2, 0.25) is 0 Å². The number of alkyl halides is 1. The summed E-state index contributed by atoms with van der Waals surface area (Å²) in [6, 6.07) is 9.40. The quantitative estimate of drug-likeness (QED) is 0.858. The van der Waals surface area contributed by atoms with Crippen LogP contribution in [0.15, 0.2) is 30.3 Å². The van der Waals surface area contributed by atoms with Gasteiger partial charge in [-0.15, -0.1) is 11.6 Å². The number of rotatable bonds is 2. The second-order valence-electron chi connectivity index (χ2n) is 5.08. The van der Waals surface area contributed by atoms with Crippen molar-refractivity contribution in [3.63, 3.8) is 0 Å². The molecule has 20 heavy (non-hydrogen) atoms. The molecule has 0 radical (unpaired) electrons. The lowest BCUT2D eigenvalue weighted by Crippen LogP contribution is -2.29. The lowest BCUT2D eigenvalue weighted by Gasteiger charge is -2.17. The highest BCUT2D eigenvalue weighted by Gasteiger charge is 2.33. The first kappa shape index (κ1) is 13.3.